The fourth-order valence-electron chi connectivity index (χ4n) is 4.34. The van der Waals surface area contributed by atoms with E-state index in [4.69, 9.17) is 26.8 Å². The molecule has 3 fully saturated rings. The molecule has 3 saturated heterocycles. The maximum Gasteiger partial charge on any atom is 0.222 e. The number of nitrogens with zero attached hydrogens (tertiary/aromatic N) is 5. The van der Waals surface area contributed by atoms with Crippen LogP contribution in [-0.4, -0.2) is 63.1 Å². The number of rotatable bonds is 7. The van der Waals surface area contributed by atoms with E-state index in [1.165, 1.54) is 6.42 Å². The average Bonchev–Trinajstić information content (AvgIpc) is 3.08. The zero-order valence-electron chi connectivity index (χ0n) is 17.4. The summed E-state index contributed by atoms with van der Waals surface area (Å²) in [6, 6.07) is 9.79. The van der Waals surface area contributed by atoms with Crippen LogP contribution in [0.4, 0.5) is 5.95 Å². The Kier molecular flexibility index (Phi) is 5.52. The van der Waals surface area contributed by atoms with Gasteiger partial charge in [-0.1, -0.05) is 29.8 Å². The zero-order chi connectivity index (χ0) is 21.4. The Morgan fingerprint density at radius 2 is 1.97 bits per heavy atom. The van der Waals surface area contributed by atoms with Gasteiger partial charge in [-0.2, -0.15) is 5.10 Å². The number of benzene rings is 1. The number of nitrogen functional groups attached to an aromatic ring is 1. The molecule has 0 saturated carbocycles. The monoisotopic (exact) mass is 440 g/mol. The topological polar surface area (TPSA) is 91.3 Å². The van der Waals surface area contributed by atoms with E-state index < -0.39 is 0 Å². The highest BCUT2D eigenvalue weighted by molar-refractivity contribution is 6.29. The van der Waals surface area contributed by atoms with E-state index in [0.717, 1.165) is 42.2 Å². The number of hydrogen-bond donors (Lipinski definition) is 1. The number of para-hydroxylation sites is 1. The van der Waals surface area contributed by atoms with Crippen molar-refractivity contribution in [3.05, 3.63) is 52.8 Å². The van der Waals surface area contributed by atoms with Crippen LogP contribution in [0.1, 0.15) is 17.5 Å². The summed E-state index contributed by atoms with van der Waals surface area (Å²) in [6.45, 7) is 3.56. The van der Waals surface area contributed by atoms with Crippen molar-refractivity contribution in [2.45, 2.75) is 25.0 Å². The van der Waals surface area contributed by atoms with Crippen molar-refractivity contribution in [3.63, 3.8) is 0 Å². The molecule has 0 radical (unpaired) electrons. The zero-order valence-corrected chi connectivity index (χ0v) is 18.1. The van der Waals surface area contributed by atoms with Crippen molar-refractivity contribution >= 4 is 17.5 Å². The Morgan fingerprint density at radius 3 is 2.74 bits per heavy atom. The fraction of sp³-hybridized carbons (Fsp3) is 0.409. The van der Waals surface area contributed by atoms with Crippen molar-refractivity contribution in [1.82, 2.24) is 24.6 Å². The number of aryl methyl sites for hydroxylation is 1. The molecular formula is C22H25ClN6O2. The standard InChI is InChI=1S/C22H25ClN6O2/c1-28-11-15(21(27-28)18-10-20(23)26-22(24)25-18)8-14-4-2-3-5-19(14)30-7-6-29-12-16-9-17(13-29)31-16/h2-5,10-11,16-17H,6-9,12-13H2,1H3,(H2,24,25,26). The van der Waals surface area contributed by atoms with Crippen LogP contribution in [0.25, 0.3) is 11.4 Å². The van der Waals surface area contributed by atoms with Gasteiger partial charge in [0.25, 0.3) is 0 Å². The van der Waals surface area contributed by atoms with E-state index in [1.54, 1.807) is 10.7 Å². The van der Waals surface area contributed by atoms with E-state index in [-0.39, 0.29) is 5.95 Å². The molecule has 5 heterocycles. The highest BCUT2D eigenvalue weighted by Gasteiger charge is 2.37. The van der Waals surface area contributed by atoms with E-state index in [1.807, 2.05) is 31.4 Å². The van der Waals surface area contributed by atoms with Gasteiger partial charge in [0, 0.05) is 57.4 Å². The van der Waals surface area contributed by atoms with Crippen molar-refractivity contribution in [2.75, 3.05) is 32.0 Å². The van der Waals surface area contributed by atoms with Gasteiger partial charge in [-0.25, -0.2) is 9.97 Å². The lowest BCUT2D eigenvalue weighted by Crippen LogP contribution is -2.57. The number of anilines is 1. The van der Waals surface area contributed by atoms with Crippen molar-refractivity contribution in [1.29, 1.82) is 0 Å². The highest BCUT2D eigenvalue weighted by Crippen LogP contribution is 2.29. The molecule has 31 heavy (non-hydrogen) atoms. The number of ether oxygens (including phenoxy) is 2. The molecule has 0 spiro atoms. The summed E-state index contributed by atoms with van der Waals surface area (Å²) in [7, 11) is 1.88. The Labute approximate surface area is 185 Å². The largest absolute Gasteiger partial charge is 0.492 e. The minimum absolute atomic E-state index is 0.128. The molecule has 2 unspecified atom stereocenters. The number of morpholine rings is 1. The van der Waals surface area contributed by atoms with Crippen LogP contribution in [0, 0.1) is 0 Å². The van der Waals surface area contributed by atoms with E-state index in [9.17, 15) is 0 Å². The lowest BCUT2D eigenvalue weighted by Gasteiger charge is -2.47. The Balaban J connectivity index is 1.30. The smallest absolute Gasteiger partial charge is 0.222 e. The van der Waals surface area contributed by atoms with Crippen LogP contribution in [-0.2, 0) is 18.2 Å². The van der Waals surface area contributed by atoms with Crippen LogP contribution >= 0.6 is 11.6 Å². The Morgan fingerprint density at radius 1 is 1.19 bits per heavy atom. The van der Waals surface area contributed by atoms with Crippen LogP contribution in [0.5, 0.6) is 5.75 Å². The number of nitrogens with two attached hydrogens (primary N) is 1. The lowest BCUT2D eigenvalue weighted by molar-refractivity contribution is -0.181. The van der Waals surface area contributed by atoms with Crippen LogP contribution in [0.15, 0.2) is 36.5 Å². The molecule has 3 aromatic rings. The molecule has 0 amide bonds. The molecular weight excluding hydrogens is 416 g/mol. The summed E-state index contributed by atoms with van der Waals surface area (Å²) in [6.07, 6.45) is 4.68. The molecule has 3 aliphatic rings. The van der Waals surface area contributed by atoms with Gasteiger partial charge in [0.15, 0.2) is 0 Å². The van der Waals surface area contributed by atoms with Gasteiger partial charge in [-0.3, -0.25) is 9.58 Å². The van der Waals surface area contributed by atoms with Gasteiger partial charge >= 0.3 is 0 Å². The summed E-state index contributed by atoms with van der Waals surface area (Å²) < 4.78 is 13.6. The summed E-state index contributed by atoms with van der Waals surface area (Å²) in [5.74, 6) is 1.01. The first-order chi connectivity index (χ1) is 15.0. The average molecular weight is 441 g/mol. The number of aromatic nitrogens is 4. The second-order valence-corrected chi connectivity index (χ2v) is 8.51. The van der Waals surface area contributed by atoms with E-state index in [0.29, 0.717) is 36.1 Å². The molecule has 9 heteroatoms. The molecule has 2 atom stereocenters. The molecule has 8 nitrogen and oxygen atoms in total. The minimum atomic E-state index is 0.128. The predicted octanol–water partition coefficient (Wildman–Crippen LogP) is 2.56. The second-order valence-electron chi connectivity index (χ2n) is 8.12. The van der Waals surface area contributed by atoms with Gasteiger partial charge in [0.2, 0.25) is 5.95 Å². The lowest BCUT2D eigenvalue weighted by atomic mass is 9.99. The molecule has 2 bridgehead atoms. The number of piperidine rings is 1. The SMILES string of the molecule is Cn1cc(Cc2ccccc2OCCN2CC3CC(C2)O3)c(-c2cc(Cl)nc(N)n2)n1. The van der Waals surface area contributed by atoms with Gasteiger partial charge in [0.1, 0.15) is 23.2 Å². The number of halogens is 1. The van der Waals surface area contributed by atoms with Crippen molar-refractivity contribution < 1.29 is 9.47 Å². The predicted molar refractivity (Wildman–Crippen MR) is 118 cm³/mol. The molecule has 162 valence electrons. The fourth-order valence-corrected chi connectivity index (χ4v) is 4.53. The number of hydrogen-bond acceptors (Lipinski definition) is 7. The van der Waals surface area contributed by atoms with Crippen molar-refractivity contribution in [3.8, 4) is 17.1 Å². The first-order valence-electron chi connectivity index (χ1n) is 10.4. The quantitative estimate of drug-likeness (QED) is 0.564. The molecule has 2 N–H and O–H groups in total. The summed E-state index contributed by atoms with van der Waals surface area (Å²) in [5, 5.41) is 4.87. The third-order valence-electron chi connectivity index (χ3n) is 5.71. The molecule has 0 aliphatic carbocycles. The maximum atomic E-state index is 6.18. The van der Waals surface area contributed by atoms with Crippen molar-refractivity contribution in [2.24, 2.45) is 7.05 Å². The molecule has 1 aromatic carbocycles. The summed E-state index contributed by atoms with van der Waals surface area (Å²) >= 11 is 6.08. The summed E-state index contributed by atoms with van der Waals surface area (Å²) in [4.78, 5) is 10.7. The third-order valence-corrected chi connectivity index (χ3v) is 5.91. The molecule has 6 rings (SSSR count). The van der Waals surface area contributed by atoms with Crippen LogP contribution in [0.2, 0.25) is 5.15 Å². The Bertz CT molecular complexity index is 1050. The normalized spacial score (nSPS) is 20.5. The summed E-state index contributed by atoms with van der Waals surface area (Å²) in [5.41, 5.74) is 9.24. The highest BCUT2D eigenvalue weighted by atomic mass is 35.5. The van der Waals surface area contributed by atoms with Gasteiger partial charge < -0.3 is 15.2 Å². The van der Waals surface area contributed by atoms with E-state index in [2.05, 4.69) is 26.0 Å². The second kappa shape index (κ2) is 8.45. The Hall–Kier alpha value is -2.68. The van der Waals surface area contributed by atoms with Gasteiger partial charge in [0.05, 0.1) is 17.9 Å². The molecule has 2 aromatic heterocycles. The van der Waals surface area contributed by atoms with Gasteiger partial charge in [-0.15, -0.1) is 0 Å². The van der Waals surface area contributed by atoms with Gasteiger partial charge in [-0.05, 0) is 11.6 Å². The molecule has 3 aliphatic heterocycles. The first kappa shape index (κ1) is 20.2. The third kappa shape index (κ3) is 4.51. The number of fused-ring (bicyclic) bond motifs is 2. The van der Waals surface area contributed by atoms with Crippen LogP contribution < -0.4 is 10.5 Å². The first-order valence-corrected chi connectivity index (χ1v) is 10.8. The maximum absolute atomic E-state index is 6.18. The van der Waals surface area contributed by atoms with E-state index >= 15 is 0 Å². The van der Waals surface area contributed by atoms with Crippen LogP contribution in [0.3, 0.4) is 0 Å². The minimum Gasteiger partial charge on any atom is -0.492 e.